The molecule has 2 aromatic rings. The molecule has 0 saturated heterocycles. The number of hydrogen-bond donors (Lipinski definition) is 1. The molecule has 0 aliphatic carbocycles. The zero-order valence-electron chi connectivity index (χ0n) is 11.9. The van der Waals surface area contributed by atoms with Crippen molar-refractivity contribution in [2.75, 3.05) is 5.32 Å². The van der Waals surface area contributed by atoms with Crippen LogP contribution in [0.5, 0.6) is 0 Å². The van der Waals surface area contributed by atoms with Gasteiger partial charge in [0.1, 0.15) is 0 Å². The van der Waals surface area contributed by atoms with E-state index in [4.69, 9.17) is 0 Å². The number of carbonyl (C=O) groups excluding carboxylic acids is 2. The van der Waals surface area contributed by atoms with Gasteiger partial charge in [0.2, 0.25) is 5.91 Å². The first kappa shape index (κ1) is 14.7. The van der Waals surface area contributed by atoms with Crippen molar-refractivity contribution < 1.29 is 9.59 Å². The minimum absolute atomic E-state index is 0.150. The third-order valence-corrected chi connectivity index (χ3v) is 2.94. The van der Waals surface area contributed by atoms with Gasteiger partial charge >= 0.3 is 0 Å². The Balaban J connectivity index is 1.96. The fourth-order valence-corrected chi connectivity index (χ4v) is 1.91. The molecule has 2 aromatic carbocycles. The van der Waals surface area contributed by atoms with Gasteiger partial charge < -0.3 is 5.32 Å². The van der Waals surface area contributed by atoms with E-state index in [-0.39, 0.29) is 11.7 Å². The molecule has 1 N–H and O–H groups in total. The van der Waals surface area contributed by atoms with E-state index >= 15 is 0 Å². The highest BCUT2D eigenvalue weighted by Crippen LogP contribution is 2.13. The van der Waals surface area contributed by atoms with Crippen molar-refractivity contribution in [3.05, 3.63) is 77.9 Å². The zero-order chi connectivity index (χ0) is 15.1. The molecule has 0 saturated carbocycles. The molecule has 0 aliphatic heterocycles. The van der Waals surface area contributed by atoms with Crippen molar-refractivity contribution in [3.8, 4) is 0 Å². The maximum Gasteiger partial charge on any atom is 0.248 e. The van der Waals surface area contributed by atoms with Crippen molar-refractivity contribution in [3.63, 3.8) is 0 Å². The van der Waals surface area contributed by atoms with Gasteiger partial charge in [0, 0.05) is 11.8 Å². The molecule has 0 unspecified atom stereocenters. The number of hydrogen-bond acceptors (Lipinski definition) is 2. The van der Waals surface area contributed by atoms with Gasteiger partial charge in [-0.3, -0.25) is 9.59 Å². The number of carbonyl (C=O) groups is 2. The van der Waals surface area contributed by atoms with Crippen LogP contribution in [0.3, 0.4) is 0 Å². The molecule has 2 rings (SSSR count). The lowest BCUT2D eigenvalue weighted by atomic mass is 10.0. The molecule has 0 aromatic heterocycles. The first-order valence-corrected chi connectivity index (χ1v) is 6.76. The molecule has 0 bridgehead atoms. The third kappa shape index (κ3) is 5.07. The smallest absolute Gasteiger partial charge is 0.248 e. The molecule has 0 heterocycles. The van der Waals surface area contributed by atoms with Crippen LogP contribution in [-0.4, -0.2) is 11.7 Å². The molecule has 0 atom stereocenters. The lowest BCUT2D eigenvalue weighted by Crippen LogP contribution is -2.08. The molecular formula is C18H17NO2. The molecule has 21 heavy (non-hydrogen) atoms. The van der Waals surface area contributed by atoms with E-state index in [1.165, 1.54) is 30.2 Å². The van der Waals surface area contributed by atoms with Crippen LogP contribution >= 0.6 is 0 Å². The second-order valence-corrected chi connectivity index (χ2v) is 4.79. The number of allylic oxidation sites excluding steroid dienone is 1. The Hall–Kier alpha value is -2.68. The van der Waals surface area contributed by atoms with Gasteiger partial charge in [-0.15, -0.1) is 0 Å². The highest BCUT2D eigenvalue weighted by atomic mass is 16.1. The molecular weight excluding hydrogens is 262 g/mol. The zero-order valence-corrected chi connectivity index (χ0v) is 11.9. The van der Waals surface area contributed by atoms with Crippen molar-refractivity contribution in [2.45, 2.75) is 13.3 Å². The van der Waals surface area contributed by atoms with E-state index in [0.717, 1.165) is 6.42 Å². The van der Waals surface area contributed by atoms with Crippen molar-refractivity contribution in [1.29, 1.82) is 0 Å². The van der Waals surface area contributed by atoms with Crippen LogP contribution in [0.15, 0.2) is 66.7 Å². The van der Waals surface area contributed by atoms with E-state index < -0.39 is 0 Å². The van der Waals surface area contributed by atoms with Gasteiger partial charge in [-0.2, -0.15) is 0 Å². The predicted molar refractivity (Wildman–Crippen MR) is 84.1 cm³/mol. The van der Waals surface area contributed by atoms with E-state index in [9.17, 15) is 9.59 Å². The standard InChI is InChI=1S/C18H17NO2/c1-14(20)7-12-18(21)19-17-10-8-16(9-11-17)13-15-5-3-2-4-6-15/h2-12H,13H2,1H3,(H,19,21)/b12-7+. The monoisotopic (exact) mass is 279 g/mol. The fraction of sp³-hybridized carbons (Fsp3) is 0.111. The molecule has 3 nitrogen and oxygen atoms in total. The second kappa shape index (κ2) is 7.20. The van der Waals surface area contributed by atoms with Crippen LogP contribution in [0.4, 0.5) is 5.69 Å². The topological polar surface area (TPSA) is 46.2 Å². The summed E-state index contributed by atoms with van der Waals surface area (Å²) in [5.74, 6) is -0.454. The van der Waals surface area contributed by atoms with Gasteiger partial charge in [0.15, 0.2) is 5.78 Å². The summed E-state index contributed by atoms with van der Waals surface area (Å²) in [6.07, 6.45) is 3.35. The highest BCUT2D eigenvalue weighted by Gasteiger charge is 2.00. The average Bonchev–Trinajstić information content (AvgIpc) is 2.48. The first-order valence-electron chi connectivity index (χ1n) is 6.76. The second-order valence-electron chi connectivity index (χ2n) is 4.79. The predicted octanol–water partition coefficient (Wildman–Crippen LogP) is 3.36. The minimum atomic E-state index is -0.305. The van der Waals surface area contributed by atoms with Crippen LogP contribution < -0.4 is 5.32 Å². The van der Waals surface area contributed by atoms with Crippen LogP contribution in [-0.2, 0) is 16.0 Å². The number of benzene rings is 2. The number of amides is 1. The van der Waals surface area contributed by atoms with Gasteiger partial charge in [-0.25, -0.2) is 0 Å². The molecule has 3 heteroatoms. The summed E-state index contributed by atoms with van der Waals surface area (Å²) in [5, 5.41) is 2.71. The number of ketones is 1. The summed E-state index contributed by atoms with van der Waals surface area (Å²) in [7, 11) is 0. The summed E-state index contributed by atoms with van der Waals surface area (Å²) in [5.41, 5.74) is 3.14. The van der Waals surface area contributed by atoms with Crippen molar-refractivity contribution in [2.24, 2.45) is 0 Å². The number of anilines is 1. The Morgan fingerprint density at radius 1 is 0.905 bits per heavy atom. The fourth-order valence-electron chi connectivity index (χ4n) is 1.91. The molecule has 0 radical (unpaired) electrons. The lowest BCUT2D eigenvalue weighted by Gasteiger charge is -2.05. The van der Waals surface area contributed by atoms with Gasteiger partial charge in [0.25, 0.3) is 0 Å². The van der Waals surface area contributed by atoms with Gasteiger partial charge in [-0.05, 0) is 42.7 Å². The normalized spacial score (nSPS) is 10.5. The summed E-state index contributed by atoms with van der Waals surface area (Å²) in [4.78, 5) is 22.3. The minimum Gasteiger partial charge on any atom is -0.323 e. The summed E-state index contributed by atoms with van der Waals surface area (Å²) in [6.45, 7) is 1.40. The molecule has 1 amide bonds. The van der Waals surface area contributed by atoms with Gasteiger partial charge in [-0.1, -0.05) is 42.5 Å². The molecule has 0 aliphatic rings. The Morgan fingerprint density at radius 3 is 2.14 bits per heavy atom. The Morgan fingerprint density at radius 2 is 1.52 bits per heavy atom. The van der Waals surface area contributed by atoms with Crippen LogP contribution in [0.2, 0.25) is 0 Å². The van der Waals surface area contributed by atoms with Crippen LogP contribution in [0.25, 0.3) is 0 Å². The van der Waals surface area contributed by atoms with Crippen molar-refractivity contribution in [1.82, 2.24) is 0 Å². The molecule has 0 spiro atoms. The van der Waals surface area contributed by atoms with E-state index in [1.54, 1.807) is 0 Å². The Bertz CT molecular complexity index is 643. The molecule has 0 fully saturated rings. The van der Waals surface area contributed by atoms with E-state index in [2.05, 4.69) is 17.4 Å². The average molecular weight is 279 g/mol. The van der Waals surface area contributed by atoms with Crippen molar-refractivity contribution >= 4 is 17.4 Å². The lowest BCUT2D eigenvalue weighted by molar-refractivity contribution is -0.114. The molecule has 106 valence electrons. The highest BCUT2D eigenvalue weighted by molar-refractivity contribution is 6.03. The largest absolute Gasteiger partial charge is 0.323 e. The van der Waals surface area contributed by atoms with Crippen LogP contribution in [0.1, 0.15) is 18.1 Å². The maximum atomic E-state index is 11.5. The summed E-state index contributed by atoms with van der Waals surface area (Å²) < 4.78 is 0. The van der Waals surface area contributed by atoms with Gasteiger partial charge in [0.05, 0.1) is 0 Å². The maximum absolute atomic E-state index is 11.5. The quantitative estimate of drug-likeness (QED) is 0.853. The summed E-state index contributed by atoms with van der Waals surface area (Å²) in [6, 6.07) is 17.9. The number of nitrogens with one attached hydrogen (secondary N) is 1. The summed E-state index contributed by atoms with van der Waals surface area (Å²) >= 11 is 0. The Labute approximate surface area is 124 Å². The van der Waals surface area contributed by atoms with E-state index in [1.807, 2.05) is 42.5 Å². The van der Waals surface area contributed by atoms with E-state index in [0.29, 0.717) is 5.69 Å². The SMILES string of the molecule is CC(=O)/C=C/C(=O)Nc1ccc(Cc2ccccc2)cc1. The first-order chi connectivity index (χ1) is 10.1. The third-order valence-electron chi connectivity index (χ3n) is 2.94. The van der Waals surface area contributed by atoms with Crippen LogP contribution in [0, 0.1) is 0 Å². The number of rotatable bonds is 5. The Kier molecular flexibility index (Phi) is 5.04.